The van der Waals surface area contributed by atoms with Gasteiger partial charge in [-0.15, -0.1) is 0 Å². The second-order valence-electron chi connectivity index (χ2n) is 4.22. The average molecular weight is 336 g/mol. The van der Waals surface area contributed by atoms with Crippen molar-refractivity contribution >= 4 is 32.4 Å². The summed E-state index contributed by atoms with van der Waals surface area (Å²) in [5.74, 6) is -0.679. The van der Waals surface area contributed by atoms with E-state index in [0.717, 1.165) is 4.47 Å². The lowest BCUT2D eigenvalue weighted by Gasteiger charge is -2.11. The van der Waals surface area contributed by atoms with Gasteiger partial charge in [0.25, 0.3) is 0 Å². The molecule has 0 fully saturated rings. The van der Waals surface area contributed by atoms with Crippen LogP contribution in [0, 0.1) is 5.41 Å². The molecule has 0 radical (unpaired) electrons. The second kappa shape index (κ2) is 7.99. The molecule has 0 aromatic heterocycles. The highest BCUT2D eigenvalue weighted by Gasteiger charge is 2.23. The molecular formula is C11H14BrNO4S. The Balaban J connectivity index is 0.000000351. The number of hydrogen-bond donors (Lipinski definition) is 0. The molecule has 0 amide bonds. The van der Waals surface area contributed by atoms with Crippen LogP contribution < -0.4 is 0 Å². The molecule has 1 rings (SSSR count). The van der Waals surface area contributed by atoms with Gasteiger partial charge in [-0.3, -0.25) is 0 Å². The van der Waals surface area contributed by atoms with Crippen molar-refractivity contribution in [2.24, 2.45) is 9.94 Å². The molecule has 0 bridgehead atoms. The third-order valence-corrected chi connectivity index (χ3v) is 2.25. The van der Waals surface area contributed by atoms with E-state index in [2.05, 4.69) is 25.3 Å². The molecule has 1 aromatic rings. The molecule has 0 heterocycles. The molecule has 0 saturated heterocycles. The number of halogens is 1. The van der Waals surface area contributed by atoms with Crippen LogP contribution in [0.25, 0.3) is 0 Å². The van der Waals surface area contributed by atoms with Crippen molar-refractivity contribution in [3.05, 3.63) is 34.8 Å². The van der Waals surface area contributed by atoms with Gasteiger partial charge in [-0.1, -0.05) is 34.1 Å². The topological polar surface area (TPSA) is 72.8 Å². The smallest absolute Gasteiger partial charge is 0.303 e. The third kappa shape index (κ3) is 8.89. The first-order valence-corrected chi connectivity index (χ1v) is 6.78. The van der Waals surface area contributed by atoms with Crippen molar-refractivity contribution in [2.45, 2.75) is 20.8 Å². The monoisotopic (exact) mass is 335 g/mol. The van der Waals surface area contributed by atoms with Gasteiger partial charge in [0.05, 0.1) is 9.94 Å². The van der Waals surface area contributed by atoms with Crippen molar-refractivity contribution in [3.63, 3.8) is 0 Å². The fraction of sp³-hybridized carbons (Fsp3) is 0.364. The molecule has 18 heavy (non-hydrogen) atoms. The lowest BCUT2D eigenvalue weighted by atomic mass is 9.98. The highest BCUT2D eigenvalue weighted by atomic mass is 79.9. The minimum atomic E-state index is -2.69. The van der Waals surface area contributed by atoms with Crippen LogP contribution >= 0.6 is 15.9 Å². The van der Waals surface area contributed by atoms with E-state index in [1.165, 1.54) is 0 Å². The van der Waals surface area contributed by atoms with Gasteiger partial charge < -0.3 is 4.84 Å². The summed E-state index contributed by atoms with van der Waals surface area (Å²) >= 11 is 3.31. The van der Waals surface area contributed by atoms with Gasteiger partial charge >= 0.3 is 16.5 Å². The Kier molecular flexibility index (Phi) is 7.45. The quantitative estimate of drug-likeness (QED) is 0.739. The zero-order valence-corrected chi connectivity index (χ0v) is 12.7. The van der Waals surface area contributed by atoms with Crippen LogP contribution in [0.3, 0.4) is 0 Å². The SMILES string of the molecule is Brc1ccccc1.CC(C)(C)C(=O)ON=S(=O)=O. The summed E-state index contributed by atoms with van der Waals surface area (Å²) in [7, 11) is -2.69. The summed E-state index contributed by atoms with van der Waals surface area (Å²) < 4.78 is 23.3. The summed E-state index contributed by atoms with van der Waals surface area (Å²) in [6, 6.07) is 9.97. The van der Waals surface area contributed by atoms with Gasteiger partial charge in [0, 0.05) is 4.47 Å². The number of rotatable bonds is 1. The predicted molar refractivity (Wildman–Crippen MR) is 71.0 cm³/mol. The zero-order chi connectivity index (χ0) is 14.2. The third-order valence-electron chi connectivity index (χ3n) is 1.53. The van der Waals surface area contributed by atoms with Gasteiger partial charge in [-0.2, -0.15) is 8.42 Å². The van der Waals surface area contributed by atoms with E-state index >= 15 is 0 Å². The van der Waals surface area contributed by atoms with Crippen molar-refractivity contribution < 1.29 is 18.0 Å². The van der Waals surface area contributed by atoms with E-state index in [9.17, 15) is 13.2 Å². The highest BCUT2D eigenvalue weighted by Crippen LogP contribution is 2.14. The summed E-state index contributed by atoms with van der Waals surface area (Å²) in [4.78, 5) is 14.8. The van der Waals surface area contributed by atoms with Crippen LogP contribution in [-0.2, 0) is 20.1 Å². The summed E-state index contributed by atoms with van der Waals surface area (Å²) in [6.07, 6.45) is 0. The lowest BCUT2D eigenvalue weighted by molar-refractivity contribution is -0.152. The van der Waals surface area contributed by atoms with Crippen molar-refractivity contribution in [3.8, 4) is 0 Å². The van der Waals surface area contributed by atoms with Crippen molar-refractivity contribution in [2.75, 3.05) is 0 Å². The maximum atomic E-state index is 10.8. The van der Waals surface area contributed by atoms with Crippen LogP contribution in [0.4, 0.5) is 0 Å². The molecule has 0 unspecified atom stereocenters. The first-order valence-electron chi connectivity index (χ1n) is 4.96. The van der Waals surface area contributed by atoms with Crippen molar-refractivity contribution in [1.82, 2.24) is 0 Å². The van der Waals surface area contributed by atoms with E-state index in [0.29, 0.717) is 0 Å². The number of benzene rings is 1. The normalized spacial score (nSPS) is 9.78. The van der Waals surface area contributed by atoms with E-state index in [4.69, 9.17) is 0 Å². The van der Waals surface area contributed by atoms with E-state index in [1.807, 2.05) is 30.3 Å². The molecule has 0 N–H and O–H groups in total. The molecule has 0 aliphatic rings. The summed E-state index contributed by atoms with van der Waals surface area (Å²) in [6.45, 7) is 4.79. The molecule has 0 aliphatic carbocycles. The zero-order valence-electron chi connectivity index (χ0n) is 10.3. The number of carbonyl (C=O) groups excluding carboxylic acids is 1. The van der Waals surface area contributed by atoms with Gasteiger partial charge in [0.2, 0.25) is 0 Å². The second-order valence-corrected chi connectivity index (χ2v) is 5.71. The Hall–Kier alpha value is -1.21. The maximum Gasteiger partial charge on any atom is 0.349 e. The fourth-order valence-corrected chi connectivity index (χ4v) is 1.05. The minimum absolute atomic E-state index is 0.679. The Labute approximate surface area is 116 Å². The van der Waals surface area contributed by atoms with E-state index < -0.39 is 21.9 Å². The number of carbonyl (C=O) groups is 1. The highest BCUT2D eigenvalue weighted by molar-refractivity contribution is 9.10. The average Bonchev–Trinajstić information content (AvgIpc) is 2.26. The molecule has 5 nitrogen and oxygen atoms in total. The standard InChI is InChI=1S/C6H5Br.C5H9NO4S/c7-6-4-2-1-3-5-6;1-5(2,3)4(7)10-6-11(8)9/h1-5H;1-3H3. The Morgan fingerprint density at radius 1 is 1.22 bits per heavy atom. The number of hydrogen-bond acceptors (Lipinski definition) is 5. The van der Waals surface area contributed by atoms with Gasteiger partial charge in [0.15, 0.2) is 0 Å². The van der Waals surface area contributed by atoms with Crippen LogP contribution in [0.15, 0.2) is 39.3 Å². The molecule has 0 spiro atoms. The molecular weight excluding hydrogens is 322 g/mol. The fourth-order valence-electron chi connectivity index (χ4n) is 0.616. The van der Waals surface area contributed by atoms with Crippen LogP contribution in [0.5, 0.6) is 0 Å². The molecule has 0 atom stereocenters. The van der Waals surface area contributed by atoms with E-state index in [-0.39, 0.29) is 0 Å². The first-order chi connectivity index (χ1) is 8.23. The molecule has 1 aromatic carbocycles. The lowest BCUT2D eigenvalue weighted by Crippen LogP contribution is -2.20. The maximum absolute atomic E-state index is 10.8. The summed E-state index contributed by atoms with van der Waals surface area (Å²) in [5, 5.41) is 0. The first kappa shape index (κ1) is 16.8. The Morgan fingerprint density at radius 2 is 1.72 bits per heavy atom. The molecule has 0 saturated carbocycles. The van der Waals surface area contributed by atoms with Crippen molar-refractivity contribution in [1.29, 1.82) is 0 Å². The molecule has 0 aliphatic heterocycles. The van der Waals surface area contributed by atoms with Crippen LogP contribution in [-0.4, -0.2) is 14.4 Å². The van der Waals surface area contributed by atoms with E-state index in [1.54, 1.807) is 20.8 Å². The van der Waals surface area contributed by atoms with Crippen LogP contribution in [0.2, 0.25) is 0 Å². The number of nitrogens with zero attached hydrogens (tertiary/aromatic N) is 1. The predicted octanol–water partition coefficient (Wildman–Crippen LogP) is 3.00. The summed E-state index contributed by atoms with van der Waals surface area (Å²) in [5.41, 5.74) is -0.733. The Bertz CT molecular complexity index is 498. The van der Waals surface area contributed by atoms with Crippen LogP contribution in [0.1, 0.15) is 20.8 Å². The Morgan fingerprint density at radius 3 is 2.00 bits per heavy atom. The van der Waals surface area contributed by atoms with Gasteiger partial charge in [-0.05, 0) is 32.9 Å². The minimum Gasteiger partial charge on any atom is -0.303 e. The van der Waals surface area contributed by atoms with Gasteiger partial charge in [-0.25, -0.2) is 4.79 Å². The molecule has 7 heteroatoms. The molecule has 100 valence electrons. The largest absolute Gasteiger partial charge is 0.349 e. The van der Waals surface area contributed by atoms with Gasteiger partial charge in [0.1, 0.15) is 0 Å².